The summed E-state index contributed by atoms with van der Waals surface area (Å²) in [6.07, 6.45) is 0. The van der Waals surface area contributed by atoms with Crippen LogP contribution in [0.4, 0.5) is 4.39 Å². The molecule has 1 heterocycles. The van der Waals surface area contributed by atoms with Crippen LogP contribution in [0.2, 0.25) is 0 Å². The zero-order chi connectivity index (χ0) is 15.6. The highest BCUT2D eigenvalue weighted by molar-refractivity contribution is 7.89. The number of benzene rings is 1. The number of hydrazine groups is 1. The lowest BCUT2D eigenvalue weighted by atomic mass is 10.2. The van der Waals surface area contributed by atoms with Crippen LogP contribution in [-0.2, 0) is 10.0 Å². The Balaban J connectivity index is 2.28. The van der Waals surface area contributed by atoms with Gasteiger partial charge in [-0.25, -0.2) is 17.8 Å². The van der Waals surface area contributed by atoms with Crippen molar-refractivity contribution in [1.29, 1.82) is 0 Å². The van der Waals surface area contributed by atoms with Crippen LogP contribution in [0.25, 0.3) is 0 Å². The van der Waals surface area contributed by atoms with Gasteiger partial charge in [-0.1, -0.05) is 18.3 Å². The Labute approximate surface area is 128 Å². The van der Waals surface area contributed by atoms with E-state index in [1.165, 1.54) is 12.1 Å². The predicted molar refractivity (Wildman–Crippen MR) is 81.7 cm³/mol. The molecule has 0 radical (unpaired) electrons. The molecule has 1 aromatic carbocycles. The molecule has 9 heteroatoms. The van der Waals surface area contributed by atoms with Gasteiger partial charge in [0.2, 0.25) is 0 Å². The maximum atomic E-state index is 13.8. The number of hydrogen-bond donors (Lipinski definition) is 2. The van der Waals surface area contributed by atoms with Gasteiger partial charge in [-0.05, 0) is 19.2 Å². The molecule has 0 unspecified atom stereocenters. The molecule has 0 aromatic heterocycles. The summed E-state index contributed by atoms with van der Waals surface area (Å²) in [4.78, 5) is 4.02. The average Bonchev–Trinajstić information content (AvgIpc) is 2.40. The van der Waals surface area contributed by atoms with Crippen molar-refractivity contribution < 1.29 is 12.8 Å². The highest BCUT2D eigenvalue weighted by Gasteiger charge is 2.26. The van der Waals surface area contributed by atoms with Crippen LogP contribution in [0.15, 0.2) is 23.1 Å². The first kappa shape index (κ1) is 16.2. The minimum atomic E-state index is -3.93. The molecule has 116 valence electrons. The molecule has 0 amide bonds. The van der Waals surface area contributed by atoms with Crippen molar-refractivity contribution in [1.82, 2.24) is 14.7 Å². The predicted octanol–water partition coefficient (Wildman–Crippen LogP) is -0.0994. The first-order valence-electron chi connectivity index (χ1n) is 6.35. The second-order valence-electron chi connectivity index (χ2n) is 4.86. The van der Waals surface area contributed by atoms with E-state index in [1.54, 1.807) is 5.01 Å². The molecule has 0 bridgehead atoms. The second-order valence-corrected chi connectivity index (χ2v) is 6.93. The Kier molecular flexibility index (Phi) is 4.89. The van der Waals surface area contributed by atoms with E-state index in [2.05, 4.69) is 9.73 Å². The minimum absolute atomic E-state index is 0.242. The van der Waals surface area contributed by atoms with Crippen molar-refractivity contribution in [2.24, 2.45) is 5.73 Å². The standard InChI is InChI=1S/C12H17FN4O2S2/c1-16-5-7-17(8-6-16)15-21(18,19)10-4-2-3-9(13)11(10)12(14)20/h2-4,15H,5-8H2,1H3,(H2,14,20). The zero-order valence-electron chi connectivity index (χ0n) is 11.5. The highest BCUT2D eigenvalue weighted by Crippen LogP contribution is 2.19. The molecule has 0 spiro atoms. The summed E-state index contributed by atoms with van der Waals surface area (Å²) in [5.41, 5.74) is 5.19. The molecule has 0 saturated carbocycles. The summed E-state index contributed by atoms with van der Waals surface area (Å²) < 4.78 is 38.6. The van der Waals surface area contributed by atoms with Crippen LogP contribution in [0, 0.1) is 5.82 Å². The molecule has 1 aromatic rings. The van der Waals surface area contributed by atoms with E-state index in [9.17, 15) is 12.8 Å². The van der Waals surface area contributed by atoms with Gasteiger partial charge in [0.05, 0.1) is 10.5 Å². The number of nitrogens with zero attached hydrogens (tertiary/aromatic N) is 2. The summed E-state index contributed by atoms with van der Waals surface area (Å²) in [7, 11) is -1.96. The van der Waals surface area contributed by atoms with Gasteiger partial charge in [-0.3, -0.25) is 0 Å². The Morgan fingerprint density at radius 2 is 1.95 bits per heavy atom. The maximum Gasteiger partial charge on any atom is 0.254 e. The third-order valence-corrected chi connectivity index (χ3v) is 4.89. The number of nitrogens with one attached hydrogen (secondary N) is 1. The van der Waals surface area contributed by atoms with E-state index >= 15 is 0 Å². The molecular formula is C12H17FN4O2S2. The fourth-order valence-corrected chi connectivity index (χ4v) is 3.71. The van der Waals surface area contributed by atoms with E-state index in [4.69, 9.17) is 18.0 Å². The van der Waals surface area contributed by atoms with Crippen molar-refractivity contribution in [2.45, 2.75) is 4.90 Å². The van der Waals surface area contributed by atoms with Gasteiger partial charge in [0.1, 0.15) is 10.8 Å². The lowest BCUT2D eigenvalue weighted by Gasteiger charge is -2.32. The summed E-state index contributed by atoms with van der Waals surface area (Å²) >= 11 is 4.75. The van der Waals surface area contributed by atoms with Crippen LogP contribution < -0.4 is 10.6 Å². The summed E-state index contributed by atoms with van der Waals surface area (Å²) in [6, 6.07) is 3.73. The van der Waals surface area contributed by atoms with Crippen LogP contribution in [-0.4, -0.2) is 56.5 Å². The molecule has 2 rings (SSSR count). The molecule has 1 saturated heterocycles. The Hall–Kier alpha value is -1.13. The number of piperazine rings is 1. The molecule has 1 fully saturated rings. The van der Waals surface area contributed by atoms with Gasteiger partial charge >= 0.3 is 0 Å². The lowest BCUT2D eigenvalue weighted by molar-refractivity contribution is 0.135. The Morgan fingerprint density at radius 3 is 2.52 bits per heavy atom. The van der Waals surface area contributed by atoms with Gasteiger partial charge in [0, 0.05) is 26.2 Å². The van der Waals surface area contributed by atoms with Crippen molar-refractivity contribution in [3.05, 3.63) is 29.6 Å². The largest absolute Gasteiger partial charge is 0.389 e. The normalized spacial score (nSPS) is 17.8. The number of likely N-dealkylation sites (N-methyl/N-ethyl adjacent to an activating group) is 1. The molecule has 6 nitrogen and oxygen atoms in total. The lowest BCUT2D eigenvalue weighted by Crippen LogP contribution is -2.52. The van der Waals surface area contributed by atoms with Gasteiger partial charge in [-0.15, -0.1) is 4.83 Å². The summed E-state index contributed by atoms with van der Waals surface area (Å²) in [5.74, 6) is -0.747. The Bertz CT molecular complexity index is 643. The van der Waals surface area contributed by atoms with Gasteiger partial charge in [0.15, 0.2) is 0 Å². The first-order chi connectivity index (χ1) is 9.81. The zero-order valence-corrected chi connectivity index (χ0v) is 13.2. The molecule has 0 aliphatic carbocycles. The van der Waals surface area contributed by atoms with Crippen LogP contribution in [0.3, 0.4) is 0 Å². The quantitative estimate of drug-likeness (QED) is 0.750. The number of halogens is 1. The summed E-state index contributed by atoms with van der Waals surface area (Å²) in [5, 5.41) is 1.59. The monoisotopic (exact) mass is 332 g/mol. The van der Waals surface area contributed by atoms with Crippen molar-refractivity contribution >= 4 is 27.2 Å². The number of nitrogens with two attached hydrogens (primary N) is 1. The fraction of sp³-hybridized carbons (Fsp3) is 0.417. The smallest absolute Gasteiger partial charge is 0.254 e. The molecule has 1 aliphatic rings. The Morgan fingerprint density at radius 1 is 1.33 bits per heavy atom. The molecule has 21 heavy (non-hydrogen) atoms. The number of sulfonamides is 1. The van der Waals surface area contributed by atoms with E-state index in [1.807, 2.05) is 7.05 Å². The molecule has 1 aliphatic heterocycles. The van der Waals surface area contributed by atoms with Crippen molar-refractivity contribution in [3.63, 3.8) is 0 Å². The first-order valence-corrected chi connectivity index (χ1v) is 8.24. The number of thiocarbonyl (C=S) groups is 1. The van der Waals surface area contributed by atoms with E-state index in [-0.39, 0.29) is 15.4 Å². The van der Waals surface area contributed by atoms with Crippen LogP contribution in [0.1, 0.15) is 5.56 Å². The van der Waals surface area contributed by atoms with E-state index in [0.29, 0.717) is 13.1 Å². The second kappa shape index (κ2) is 6.32. The fourth-order valence-electron chi connectivity index (χ4n) is 2.08. The third kappa shape index (κ3) is 3.74. The topological polar surface area (TPSA) is 78.7 Å². The van der Waals surface area contributed by atoms with Gasteiger partial charge < -0.3 is 10.6 Å². The molecule has 3 N–H and O–H groups in total. The summed E-state index contributed by atoms with van der Waals surface area (Å²) in [6.45, 7) is 2.59. The van der Waals surface area contributed by atoms with Crippen LogP contribution in [0.5, 0.6) is 0 Å². The highest BCUT2D eigenvalue weighted by atomic mass is 32.2. The average molecular weight is 332 g/mol. The van der Waals surface area contributed by atoms with Crippen molar-refractivity contribution in [2.75, 3.05) is 33.2 Å². The minimum Gasteiger partial charge on any atom is -0.389 e. The molecule has 0 atom stereocenters. The number of hydrogen-bond acceptors (Lipinski definition) is 5. The van der Waals surface area contributed by atoms with Crippen molar-refractivity contribution in [3.8, 4) is 0 Å². The van der Waals surface area contributed by atoms with E-state index in [0.717, 1.165) is 19.2 Å². The third-order valence-electron chi connectivity index (χ3n) is 3.26. The molecular weight excluding hydrogens is 315 g/mol. The SMILES string of the molecule is CN1CCN(NS(=O)(=O)c2cccc(F)c2C(N)=S)CC1. The van der Waals surface area contributed by atoms with Gasteiger partial charge in [-0.2, -0.15) is 0 Å². The van der Waals surface area contributed by atoms with E-state index < -0.39 is 15.8 Å². The maximum absolute atomic E-state index is 13.8. The van der Waals surface area contributed by atoms with Crippen LogP contribution >= 0.6 is 12.2 Å². The van der Waals surface area contributed by atoms with Gasteiger partial charge in [0.25, 0.3) is 10.0 Å². The number of rotatable bonds is 4.